The van der Waals surface area contributed by atoms with Crippen LogP contribution >= 0.6 is 0 Å². The second-order valence-electron chi connectivity index (χ2n) is 5.91. The summed E-state index contributed by atoms with van der Waals surface area (Å²) in [6.07, 6.45) is 5.98. The molecule has 1 saturated heterocycles. The van der Waals surface area contributed by atoms with Crippen molar-refractivity contribution in [2.45, 2.75) is 50.9 Å². The number of ether oxygens (including phenoxy) is 2. The van der Waals surface area contributed by atoms with Crippen molar-refractivity contribution in [1.29, 1.82) is 0 Å². The van der Waals surface area contributed by atoms with Crippen LogP contribution in [0.25, 0.3) is 0 Å². The third-order valence-corrected chi connectivity index (χ3v) is 4.46. The number of hydrogen-bond donors (Lipinski definition) is 0. The monoisotopic (exact) mass is 260 g/mol. The van der Waals surface area contributed by atoms with Crippen molar-refractivity contribution in [3.05, 3.63) is 34.8 Å². The summed E-state index contributed by atoms with van der Waals surface area (Å²) in [5, 5.41) is 0. The van der Waals surface area contributed by atoms with Crippen LogP contribution in [-0.4, -0.2) is 17.7 Å². The highest BCUT2D eigenvalue weighted by atomic mass is 16.6. The number of hydrogen-bond acceptors (Lipinski definition) is 4. The van der Waals surface area contributed by atoms with E-state index < -0.39 is 0 Å². The number of epoxide rings is 1. The largest absolute Gasteiger partial charge is 0.469 e. The van der Waals surface area contributed by atoms with E-state index in [1.807, 2.05) is 13.0 Å². The molecule has 1 fully saturated rings. The van der Waals surface area contributed by atoms with Gasteiger partial charge in [-0.05, 0) is 38.3 Å². The molecule has 0 aromatic carbocycles. The zero-order valence-corrected chi connectivity index (χ0v) is 11.1. The maximum absolute atomic E-state index is 11.9. The molecule has 1 aliphatic carbocycles. The number of carbonyl (C=O) groups excluding carboxylic acids is 1. The molecule has 100 valence electrons. The van der Waals surface area contributed by atoms with Crippen LogP contribution in [0.4, 0.5) is 0 Å². The lowest BCUT2D eigenvalue weighted by Crippen LogP contribution is -2.15. The lowest BCUT2D eigenvalue weighted by Gasteiger charge is -2.12. The second-order valence-corrected chi connectivity index (χ2v) is 5.91. The Morgan fingerprint density at radius 2 is 2.26 bits per heavy atom. The molecule has 3 aliphatic rings. The minimum Gasteiger partial charge on any atom is -0.469 e. The van der Waals surface area contributed by atoms with E-state index in [1.165, 1.54) is 0 Å². The fourth-order valence-corrected chi connectivity index (χ4v) is 3.25. The Kier molecular flexibility index (Phi) is 2.09. The van der Waals surface area contributed by atoms with Crippen molar-refractivity contribution >= 4 is 5.97 Å². The van der Waals surface area contributed by atoms with Crippen LogP contribution in [0.1, 0.15) is 42.8 Å². The van der Waals surface area contributed by atoms with Gasteiger partial charge in [0, 0.05) is 17.6 Å². The van der Waals surface area contributed by atoms with Crippen LogP contribution in [0.2, 0.25) is 0 Å². The first-order chi connectivity index (χ1) is 9.07. The van der Waals surface area contributed by atoms with Gasteiger partial charge in [0.1, 0.15) is 11.9 Å². The van der Waals surface area contributed by atoms with Crippen molar-refractivity contribution in [3.63, 3.8) is 0 Å². The molecule has 3 atom stereocenters. The van der Waals surface area contributed by atoms with Gasteiger partial charge >= 0.3 is 5.97 Å². The normalized spacial score (nSPS) is 36.1. The summed E-state index contributed by atoms with van der Waals surface area (Å²) in [5.74, 6) is 0.695. The Labute approximate surface area is 111 Å². The summed E-state index contributed by atoms with van der Waals surface area (Å²) in [6.45, 7) is 4.10. The zero-order chi connectivity index (χ0) is 13.2. The second kappa shape index (κ2) is 3.51. The lowest BCUT2D eigenvalue weighted by atomic mass is 9.92. The molecule has 4 heteroatoms. The van der Waals surface area contributed by atoms with Gasteiger partial charge in [0.05, 0.1) is 18.0 Å². The summed E-state index contributed by atoms with van der Waals surface area (Å²) in [6, 6.07) is 0. The van der Waals surface area contributed by atoms with Gasteiger partial charge in [-0.1, -0.05) is 0 Å². The van der Waals surface area contributed by atoms with Crippen LogP contribution in [0, 0.1) is 6.92 Å². The molecule has 4 nitrogen and oxygen atoms in total. The number of carbonyl (C=O) groups is 1. The topological polar surface area (TPSA) is 52.0 Å². The fraction of sp³-hybridized carbons (Fsp3) is 0.533. The predicted octanol–water partition coefficient (Wildman–Crippen LogP) is 2.61. The molecule has 19 heavy (non-hydrogen) atoms. The minimum atomic E-state index is -0.282. The first-order valence-electron chi connectivity index (χ1n) is 6.73. The molecular weight excluding hydrogens is 244 g/mol. The summed E-state index contributed by atoms with van der Waals surface area (Å²) in [5.41, 5.74) is 2.67. The van der Waals surface area contributed by atoms with E-state index in [4.69, 9.17) is 13.9 Å². The average Bonchev–Trinajstić information content (AvgIpc) is 2.65. The SMILES string of the molecule is Cc1coc2c1[C@@H]1C=C(CC[C@@H]3O[C@]3(C)C2)C(=O)O1. The van der Waals surface area contributed by atoms with E-state index in [1.54, 1.807) is 6.26 Å². The van der Waals surface area contributed by atoms with Crippen molar-refractivity contribution in [2.24, 2.45) is 0 Å². The van der Waals surface area contributed by atoms with E-state index in [2.05, 4.69) is 6.92 Å². The maximum atomic E-state index is 11.9. The van der Waals surface area contributed by atoms with E-state index in [-0.39, 0.29) is 23.8 Å². The van der Waals surface area contributed by atoms with Crippen molar-refractivity contribution in [1.82, 2.24) is 0 Å². The molecule has 1 aromatic heterocycles. The summed E-state index contributed by atoms with van der Waals surface area (Å²) in [4.78, 5) is 11.9. The molecule has 0 saturated carbocycles. The lowest BCUT2D eigenvalue weighted by molar-refractivity contribution is -0.140. The van der Waals surface area contributed by atoms with E-state index >= 15 is 0 Å². The zero-order valence-electron chi connectivity index (χ0n) is 11.1. The molecule has 4 rings (SSSR count). The van der Waals surface area contributed by atoms with Crippen molar-refractivity contribution < 1.29 is 18.7 Å². The van der Waals surface area contributed by atoms with E-state index in [9.17, 15) is 4.79 Å². The standard InChI is InChI=1S/C15H16O4/c1-8-7-17-11-6-15(2)12(19-15)4-3-9-5-10(13(8)11)18-14(9)16/h5,7,10,12H,3-4,6H2,1-2H3/t10-,12-,15+/m0/s1. The molecule has 0 N–H and O–H groups in total. The number of esters is 1. The van der Waals surface area contributed by atoms with Crippen LogP contribution in [0.15, 0.2) is 22.3 Å². The van der Waals surface area contributed by atoms with Crippen molar-refractivity contribution in [3.8, 4) is 0 Å². The van der Waals surface area contributed by atoms with Gasteiger partial charge in [-0.3, -0.25) is 0 Å². The average molecular weight is 260 g/mol. The summed E-state index contributed by atoms with van der Waals surface area (Å²) >= 11 is 0. The number of aryl methyl sites for hydroxylation is 1. The number of rotatable bonds is 0. The van der Waals surface area contributed by atoms with Crippen LogP contribution in [-0.2, 0) is 20.7 Å². The molecule has 0 amide bonds. The third kappa shape index (κ3) is 1.59. The molecule has 0 unspecified atom stereocenters. The van der Waals surface area contributed by atoms with Gasteiger partial charge < -0.3 is 13.9 Å². The first kappa shape index (κ1) is 11.3. The molecule has 3 heterocycles. The molecule has 2 aliphatic heterocycles. The predicted molar refractivity (Wildman–Crippen MR) is 66.6 cm³/mol. The number of fused-ring (bicyclic) bond motifs is 4. The van der Waals surface area contributed by atoms with E-state index in [0.717, 1.165) is 41.7 Å². The van der Waals surface area contributed by atoms with Gasteiger partial charge in [-0.2, -0.15) is 0 Å². The van der Waals surface area contributed by atoms with Gasteiger partial charge in [0.2, 0.25) is 0 Å². The Bertz CT molecular complexity index is 597. The summed E-state index contributed by atoms with van der Waals surface area (Å²) in [7, 11) is 0. The van der Waals surface area contributed by atoms with Crippen LogP contribution in [0.3, 0.4) is 0 Å². The third-order valence-electron chi connectivity index (χ3n) is 4.46. The Balaban J connectivity index is 1.82. The summed E-state index contributed by atoms with van der Waals surface area (Å²) < 4.78 is 16.9. The molecule has 0 spiro atoms. The van der Waals surface area contributed by atoms with E-state index in [0.29, 0.717) is 0 Å². The highest BCUT2D eigenvalue weighted by molar-refractivity contribution is 5.91. The maximum Gasteiger partial charge on any atom is 0.334 e. The minimum absolute atomic E-state index is 0.139. The molecule has 1 aromatic rings. The number of furan rings is 1. The Morgan fingerprint density at radius 1 is 1.42 bits per heavy atom. The quantitative estimate of drug-likeness (QED) is 0.531. The Morgan fingerprint density at radius 3 is 3.11 bits per heavy atom. The van der Waals surface area contributed by atoms with Crippen LogP contribution in [0.5, 0.6) is 0 Å². The van der Waals surface area contributed by atoms with Gasteiger partial charge in [-0.15, -0.1) is 0 Å². The van der Waals surface area contributed by atoms with Crippen molar-refractivity contribution in [2.75, 3.05) is 0 Å². The highest BCUT2D eigenvalue weighted by Gasteiger charge is 2.53. The highest BCUT2D eigenvalue weighted by Crippen LogP contribution is 2.46. The van der Waals surface area contributed by atoms with Gasteiger partial charge in [0.15, 0.2) is 0 Å². The smallest absolute Gasteiger partial charge is 0.334 e. The van der Waals surface area contributed by atoms with Gasteiger partial charge in [0.25, 0.3) is 0 Å². The van der Waals surface area contributed by atoms with Crippen LogP contribution < -0.4 is 0 Å². The molecule has 0 radical (unpaired) electrons. The Hall–Kier alpha value is -1.55. The molecule has 2 bridgehead atoms. The van der Waals surface area contributed by atoms with Gasteiger partial charge in [-0.25, -0.2) is 4.79 Å². The molecular formula is C15H16O4. The fourth-order valence-electron chi connectivity index (χ4n) is 3.25. The first-order valence-corrected chi connectivity index (χ1v) is 6.73.